The minimum atomic E-state index is -2.45. The average molecular weight is 817 g/mol. The van der Waals surface area contributed by atoms with Gasteiger partial charge in [0.2, 0.25) is 0 Å². The van der Waals surface area contributed by atoms with Crippen molar-refractivity contribution >= 4 is 49.7 Å². The van der Waals surface area contributed by atoms with Crippen molar-refractivity contribution in [1.29, 1.82) is 0 Å². The van der Waals surface area contributed by atoms with Crippen LogP contribution in [-0.4, -0.2) is 31.6 Å². The fourth-order valence-electron chi connectivity index (χ4n) is 7.11. The Hall–Kier alpha value is -2.44. The Kier molecular flexibility index (Phi) is 18.9. The van der Waals surface area contributed by atoms with Crippen molar-refractivity contribution in [2.75, 3.05) is 18.1 Å². The monoisotopic (exact) mass is 817 g/mol. The Morgan fingerprint density at radius 2 is 0.863 bits per heavy atom. The van der Waals surface area contributed by atoms with Crippen molar-refractivity contribution in [2.24, 2.45) is 0 Å². The van der Waals surface area contributed by atoms with E-state index >= 15 is 0 Å². The third-order valence-corrected chi connectivity index (χ3v) is 29.7. The number of thiophene rings is 1. The summed E-state index contributed by atoms with van der Waals surface area (Å²) in [5.74, 6) is 1.87. The predicted molar refractivity (Wildman–Crippen MR) is 228 cm³/mol. The maximum absolute atomic E-state index is 6.10. The van der Waals surface area contributed by atoms with E-state index in [1.807, 2.05) is 0 Å². The Bertz CT molecular complexity index is 1400. The molecule has 0 bridgehead atoms. The first-order valence-electron chi connectivity index (χ1n) is 20.5. The Morgan fingerprint density at radius 3 is 1.27 bits per heavy atom. The molecular formula is C46H67NO2SSn. The predicted octanol–water partition coefficient (Wildman–Crippen LogP) is 14.9. The van der Waals surface area contributed by atoms with Gasteiger partial charge < -0.3 is 9.47 Å². The van der Waals surface area contributed by atoms with Crippen molar-refractivity contribution in [2.45, 2.75) is 138 Å². The van der Waals surface area contributed by atoms with Gasteiger partial charge in [0.05, 0.1) is 13.2 Å². The number of hydrogen-bond donors (Lipinski definition) is 0. The number of benzene rings is 3. The fraction of sp³-hybridized carbons (Fsp3) is 0.522. The van der Waals surface area contributed by atoms with Gasteiger partial charge in [0, 0.05) is 0 Å². The van der Waals surface area contributed by atoms with Crippen LogP contribution >= 0.6 is 11.3 Å². The third kappa shape index (κ3) is 12.9. The molecule has 4 aromatic rings. The molecule has 0 aliphatic carbocycles. The molecule has 0 N–H and O–H groups in total. The topological polar surface area (TPSA) is 21.7 Å². The summed E-state index contributed by atoms with van der Waals surface area (Å²) in [7, 11) is 0. The molecule has 0 atom stereocenters. The molecule has 278 valence electrons. The summed E-state index contributed by atoms with van der Waals surface area (Å²) in [5.41, 5.74) is 4.72. The van der Waals surface area contributed by atoms with Gasteiger partial charge in [0.1, 0.15) is 0 Å². The second-order valence-corrected chi connectivity index (χ2v) is 29.7. The molecule has 0 amide bonds. The van der Waals surface area contributed by atoms with Crippen LogP contribution in [0.4, 0.5) is 17.1 Å². The molecule has 0 aliphatic heterocycles. The van der Waals surface area contributed by atoms with Crippen LogP contribution < -0.4 is 17.3 Å². The molecule has 0 spiro atoms. The first-order chi connectivity index (χ1) is 25.1. The van der Waals surface area contributed by atoms with Gasteiger partial charge in [0.25, 0.3) is 0 Å². The molecule has 0 saturated heterocycles. The van der Waals surface area contributed by atoms with Crippen molar-refractivity contribution in [3.05, 3.63) is 84.9 Å². The number of unbranched alkanes of at least 4 members (excludes halogenated alkanes) is 9. The zero-order valence-electron chi connectivity index (χ0n) is 32.7. The summed E-state index contributed by atoms with van der Waals surface area (Å²) in [5, 5.41) is 0. The molecule has 3 aromatic carbocycles. The van der Waals surface area contributed by atoms with Gasteiger partial charge in [-0.1, -0.05) is 52.4 Å². The van der Waals surface area contributed by atoms with E-state index < -0.39 is 18.4 Å². The van der Waals surface area contributed by atoms with Crippen LogP contribution in [0.1, 0.15) is 125 Å². The molecule has 0 radical (unpaired) electrons. The first kappa shape index (κ1) is 41.3. The normalized spacial score (nSPS) is 11.5. The molecule has 0 unspecified atom stereocenters. The molecule has 1 heterocycles. The zero-order valence-corrected chi connectivity index (χ0v) is 36.4. The van der Waals surface area contributed by atoms with E-state index in [0.717, 1.165) is 54.6 Å². The average Bonchev–Trinajstić information content (AvgIpc) is 3.67. The van der Waals surface area contributed by atoms with E-state index in [-0.39, 0.29) is 0 Å². The number of nitrogens with zero attached hydrogens (tertiary/aromatic N) is 1. The van der Waals surface area contributed by atoms with Crippen molar-refractivity contribution in [3.8, 4) is 21.9 Å². The van der Waals surface area contributed by atoms with Crippen LogP contribution in [0.3, 0.4) is 0 Å². The van der Waals surface area contributed by atoms with Gasteiger partial charge in [-0.15, -0.1) is 0 Å². The van der Waals surface area contributed by atoms with Crippen LogP contribution in [0, 0.1) is 0 Å². The number of hydrogen-bond acceptors (Lipinski definition) is 4. The molecule has 0 saturated carbocycles. The van der Waals surface area contributed by atoms with E-state index in [1.165, 1.54) is 101 Å². The van der Waals surface area contributed by atoms with E-state index in [4.69, 9.17) is 9.47 Å². The Balaban J connectivity index is 1.58. The SMILES string of the molecule is CCCCCCOc1ccc(N(c2ccc(OCCCCCC)cc2)c2ccc(-c3cc[c]([Sn]([CH2]CCC)([CH2]CCC)[CH2]CCC)s3)cc2)cc1. The Labute approximate surface area is 320 Å². The molecule has 1 aromatic heterocycles. The summed E-state index contributed by atoms with van der Waals surface area (Å²) in [6, 6.07) is 31.5. The van der Waals surface area contributed by atoms with Gasteiger partial charge >= 0.3 is 234 Å². The van der Waals surface area contributed by atoms with Gasteiger partial charge in [-0.25, -0.2) is 0 Å². The zero-order chi connectivity index (χ0) is 36.2. The summed E-state index contributed by atoms with van der Waals surface area (Å²) in [4.78, 5) is 3.77. The third-order valence-electron chi connectivity index (χ3n) is 10.3. The molecule has 0 aliphatic rings. The van der Waals surface area contributed by atoms with Gasteiger partial charge in [-0.3, -0.25) is 0 Å². The molecule has 0 fully saturated rings. The maximum atomic E-state index is 6.10. The Morgan fingerprint density at radius 1 is 0.451 bits per heavy atom. The van der Waals surface area contributed by atoms with Crippen LogP contribution in [-0.2, 0) is 0 Å². The molecule has 5 heteroatoms. The fourth-order valence-corrected chi connectivity index (χ4v) is 27.3. The van der Waals surface area contributed by atoms with Gasteiger partial charge in [0.15, 0.2) is 0 Å². The van der Waals surface area contributed by atoms with Gasteiger partial charge in [-0.05, 0) is 12.8 Å². The van der Waals surface area contributed by atoms with Gasteiger partial charge in [-0.2, -0.15) is 0 Å². The van der Waals surface area contributed by atoms with E-state index in [1.54, 1.807) is 2.89 Å². The minimum absolute atomic E-state index is 0.773. The summed E-state index contributed by atoms with van der Waals surface area (Å²) in [6.07, 6.45) is 17.8. The van der Waals surface area contributed by atoms with Crippen LogP contribution in [0.25, 0.3) is 10.4 Å². The van der Waals surface area contributed by atoms with Crippen molar-refractivity contribution in [3.63, 3.8) is 0 Å². The van der Waals surface area contributed by atoms with Crippen LogP contribution in [0.2, 0.25) is 13.3 Å². The quantitative estimate of drug-likeness (QED) is 0.0465. The molecule has 51 heavy (non-hydrogen) atoms. The van der Waals surface area contributed by atoms with E-state index in [9.17, 15) is 0 Å². The second-order valence-electron chi connectivity index (χ2n) is 14.4. The summed E-state index contributed by atoms with van der Waals surface area (Å²) in [6.45, 7) is 13.2. The van der Waals surface area contributed by atoms with Crippen molar-refractivity contribution < 1.29 is 9.47 Å². The standard InChI is InChI=1S/C34H40NO2S.3C4H9.Sn/c1-3-5-7-9-25-36-32-21-17-30(18-22-32)35(29-15-13-28(14-16-29)34-12-11-27-38-34)31-19-23-33(24-20-31)37-26-10-8-6-4-2;3*1-3-4-2;/h11-24H,3-10,25-26H2,1-2H3;3*1,3-4H2,2H3;. The summed E-state index contributed by atoms with van der Waals surface area (Å²) >= 11 is -0.323. The van der Waals surface area contributed by atoms with Crippen LogP contribution in [0.5, 0.6) is 11.5 Å². The van der Waals surface area contributed by atoms with Crippen LogP contribution in [0.15, 0.2) is 84.9 Å². The van der Waals surface area contributed by atoms with E-state index in [2.05, 4.69) is 136 Å². The molecule has 4 rings (SSSR count). The first-order valence-corrected chi connectivity index (χ1v) is 28.8. The number of ether oxygens (including phenoxy) is 2. The summed E-state index contributed by atoms with van der Waals surface area (Å²) < 4.78 is 18.6. The number of anilines is 3. The second kappa shape index (κ2) is 23.3. The van der Waals surface area contributed by atoms with E-state index in [0.29, 0.717) is 0 Å². The number of rotatable bonds is 26. The van der Waals surface area contributed by atoms with Crippen molar-refractivity contribution in [1.82, 2.24) is 0 Å². The molecule has 3 nitrogen and oxygen atoms in total. The molecular weight excluding hydrogens is 749 g/mol.